The minimum atomic E-state index is -0.245. The van der Waals surface area contributed by atoms with Crippen LogP contribution in [0.3, 0.4) is 0 Å². The van der Waals surface area contributed by atoms with Crippen LogP contribution >= 0.6 is 0 Å². The molecule has 4 aliphatic rings. The Balaban J connectivity index is 1.54. The standard InChI is InChI=1S/C25H30N2O/c1-24-10-8-22-19(21(24)6-5-20(24)16-4-3-11-27-15-16)12-17(14-26)23-13-18(28)7-9-25(22,23)2/h3-5,11-12,15,18-19,21-23,28H,6-10,13H2,1-2H3/t18?,19-,21-,22+,23?,24+,25+/m0/s1. The van der Waals surface area contributed by atoms with Crippen LogP contribution in [0.25, 0.3) is 5.57 Å². The number of aliphatic hydroxyl groups is 1. The highest BCUT2D eigenvalue weighted by Crippen LogP contribution is 2.66. The van der Waals surface area contributed by atoms with Crippen molar-refractivity contribution in [2.45, 2.75) is 58.5 Å². The van der Waals surface area contributed by atoms with E-state index in [1.54, 1.807) is 0 Å². The predicted molar refractivity (Wildman–Crippen MR) is 110 cm³/mol. The molecule has 0 saturated heterocycles. The summed E-state index contributed by atoms with van der Waals surface area (Å²) in [6, 6.07) is 6.76. The van der Waals surface area contributed by atoms with E-state index in [0.29, 0.717) is 17.8 Å². The SMILES string of the molecule is C[C@]12CCC(O)CC1C(C#N)=C[C@@H]1[C@H]2CC[C@]2(C)C(c3cccnc3)=CC[C@@H]12. The van der Waals surface area contributed by atoms with E-state index in [4.69, 9.17) is 0 Å². The molecule has 2 saturated carbocycles. The summed E-state index contributed by atoms with van der Waals surface area (Å²) in [4.78, 5) is 4.36. The van der Waals surface area contributed by atoms with Gasteiger partial charge in [-0.2, -0.15) is 5.26 Å². The van der Waals surface area contributed by atoms with Crippen LogP contribution < -0.4 is 0 Å². The van der Waals surface area contributed by atoms with Gasteiger partial charge < -0.3 is 5.11 Å². The molecule has 0 radical (unpaired) electrons. The summed E-state index contributed by atoms with van der Waals surface area (Å²) in [6.45, 7) is 4.86. The second-order valence-electron chi connectivity index (χ2n) is 10.1. The Morgan fingerprint density at radius 1 is 1.21 bits per heavy atom. The van der Waals surface area contributed by atoms with Gasteiger partial charge in [0.1, 0.15) is 0 Å². The summed E-state index contributed by atoms with van der Waals surface area (Å²) in [5, 5.41) is 20.2. The number of allylic oxidation sites excluding steroid dienone is 4. The fourth-order valence-corrected chi connectivity index (χ4v) is 7.42. The normalized spacial score (nSPS) is 44.4. The van der Waals surface area contributed by atoms with Gasteiger partial charge >= 0.3 is 0 Å². The van der Waals surface area contributed by atoms with Crippen molar-refractivity contribution in [1.82, 2.24) is 4.98 Å². The molecule has 4 aliphatic carbocycles. The van der Waals surface area contributed by atoms with Crippen LogP contribution in [0.4, 0.5) is 0 Å². The minimum absolute atomic E-state index is 0.155. The molecule has 1 aromatic heterocycles. The van der Waals surface area contributed by atoms with Gasteiger partial charge in [-0.3, -0.25) is 4.98 Å². The molecule has 3 nitrogen and oxygen atoms in total. The van der Waals surface area contributed by atoms with Crippen molar-refractivity contribution in [1.29, 1.82) is 5.26 Å². The van der Waals surface area contributed by atoms with E-state index in [9.17, 15) is 10.4 Å². The highest BCUT2D eigenvalue weighted by atomic mass is 16.3. The lowest BCUT2D eigenvalue weighted by molar-refractivity contribution is -0.0653. The van der Waals surface area contributed by atoms with E-state index in [2.05, 4.69) is 43.1 Å². The number of pyridine rings is 1. The molecular formula is C25H30N2O. The van der Waals surface area contributed by atoms with Crippen molar-refractivity contribution in [2.24, 2.45) is 34.5 Å². The molecule has 0 aromatic carbocycles. The van der Waals surface area contributed by atoms with Crippen molar-refractivity contribution in [3.8, 4) is 6.07 Å². The fourth-order valence-electron chi connectivity index (χ4n) is 7.42. The molecule has 2 unspecified atom stereocenters. The highest BCUT2D eigenvalue weighted by Gasteiger charge is 2.58. The summed E-state index contributed by atoms with van der Waals surface area (Å²) < 4.78 is 0. The van der Waals surface area contributed by atoms with E-state index in [-0.39, 0.29) is 22.9 Å². The van der Waals surface area contributed by atoms with Gasteiger partial charge in [-0.05, 0) is 84.3 Å². The second kappa shape index (κ2) is 6.29. The second-order valence-corrected chi connectivity index (χ2v) is 10.1. The molecule has 0 aliphatic heterocycles. The number of nitriles is 1. The smallest absolute Gasteiger partial charge is 0.0947 e. The van der Waals surface area contributed by atoms with Crippen LogP contribution in [0.5, 0.6) is 0 Å². The first-order valence-corrected chi connectivity index (χ1v) is 10.9. The zero-order chi connectivity index (χ0) is 19.5. The molecule has 1 aromatic rings. The van der Waals surface area contributed by atoms with Crippen molar-refractivity contribution in [2.75, 3.05) is 0 Å². The van der Waals surface area contributed by atoms with Crippen LogP contribution in [-0.4, -0.2) is 16.2 Å². The molecule has 3 heteroatoms. The Hall–Kier alpha value is -1.92. The number of rotatable bonds is 1. The molecule has 2 fully saturated rings. The van der Waals surface area contributed by atoms with E-state index < -0.39 is 0 Å². The van der Waals surface area contributed by atoms with Gasteiger partial charge in [-0.1, -0.05) is 32.1 Å². The molecule has 1 N–H and O–H groups in total. The summed E-state index contributed by atoms with van der Waals surface area (Å²) >= 11 is 0. The lowest BCUT2D eigenvalue weighted by Gasteiger charge is -2.59. The summed E-state index contributed by atoms with van der Waals surface area (Å²) in [7, 11) is 0. The van der Waals surface area contributed by atoms with Gasteiger partial charge in [0.05, 0.1) is 12.2 Å². The largest absolute Gasteiger partial charge is 0.393 e. The number of hydrogen-bond donors (Lipinski definition) is 1. The lowest BCUT2D eigenvalue weighted by Crippen LogP contribution is -2.52. The van der Waals surface area contributed by atoms with Crippen molar-refractivity contribution >= 4 is 5.57 Å². The summed E-state index contributed by atoms with van der Waals surface area (Å²) in [6.07, 6.45) is 14.6. The van der Waals surface area contributed by atoms with Gasteiger partial charge in [-0.15, -0.1) is 0 Å². The lowest BCUT2D eigenvalue weighted by atomic mass is 9.45. The third-order valence-electron chi connectivity index (χ3n) is 8.93. The Labute approximate surface area is 168 Å². The van der Waals surface area contributed by atoms with E-state index in [1.165, 1.54) is 24.0 Å². The molecule has 28 heavy (non-hydrogen) atoms. The summed E-state index contributed by atoms with van der Waals surface area (Å²) in [5.41, 5.74) is 3.99. The van der Waals surface area contributed by atoms with Gasteiger partial charge in [0, 0.05) is 23.9 Å². The highest BCUT2D eigenvalue weighted by molar-refractivity contribution is 5.72. The Kier molecular flexibility index (Phi) is 4.07. The number of fused-ring (bicyclic) bond motifs is 5. The molecule has 0 bridgehead atoms. The topological polar surface area (TPSA) is 56.9 Å². The van der Waals surface area contributed by atoms with Gasteiger partial charge in [0.15, 0.2) is 0 Å². The molecule has 5 rings (SSSR count). The predicted octanol–water partition coefficient (Wildman–Crippen LogP) is 5.15. The average molecular weight is 375 g/mol. The third kappa shape index (κ3) is 2.40. The van der Waals surface area contributed by atoms with Crippen molar-refractivity contribution < 1.29 is 5.11 Å². The van der Waals surface area contributed by atoms with Crippen LogP contribution in [0.15, 0.2) is 42.3 Å². The molecule has 0 amide bonds. The fraction of sp³-hybridized carbons (Fsp3) is 0.600. The number of nitrogens with zero attached hydrogens (tertiary/aromatic N) is 2. The van der Waals surface area contributed by atoms with E-state index in [0.717, 1.165) is 31.3 Å². The third-order valence-corrected chi connectivity index (χ3v) is 8.93. The van der Waals surface area contributed by atoms with Gasteiger partial charge in [-0.25, -0.2) is 0 Å². The maximum absolute atomic E-state index is 10.3. The first kappa shape index (κ1) is 18.1. The summed E-state index contributed by atoms with van der Waals surface area (Å²) in [5.74, 6) is 1.89. The Bertz CT molecular complexity index is 882. The van der Waals surface area contributed by atoms with Crippen molar-refractivity contribution in [3.63, 3.8) is 0 Å². The molecule has 146 valence electrons. The molecule has 1 heterocycles. The Morgan fingerprint density at radius 2 is 2.07 bits per heavy atom. The van der Waals surface area contributed by atoms with Gasteiger partial charge in [0.25, 0.3) is 0 Å². The van der Waals surface area contributed by atoms with Crippen LogP contribution in [0.2, 0.25) is 0 Å². The minimum Gasteiger partial charge on any atom is -0.393 e. The number of aliphatic hydroxyl groups excluding tert-OH is 1. The maximum Gasteiger partial charge on any atom is 0.0947 e. The first-order valence-electron chi connectivity index (χ1n) is 10.9. The first-order chi connectivity index (χ1) is 13.5. The molecule has 7 atom stereocenters. The molecule has 0 spiro atoms. The molecular weight excluding hydrogens is 344 g/mol. The quantitative estimate of drug-likeness (QED) is 0.740. The Morgan fingerprint density at radius 3 is 2.82 bits per heavy atom. The van der Waals surface area contributed by atoms with E-state index >= 15 is 0 Å². The zero-order valence-electron chi connectivity index (χ0n) is 16.9. The van der Waals surface area contributed by atoms with Crippen LogP contribution in [0.1, 0.15) is 57.9 Å². The monoisotopic (exact) mass is 374 g/mol. The average Bonchev–Trinajstić information content (AvgIpc) is 3.06. The van der Waals surface area contributed by atoms with Gasteiger partial charge in [0.2, 0.25) is 0 Å². The maximum atomic E-state index is 10.3. The zero-order valence-corrected chi connectivity index (χ0v) is 16.9. The van der Waals surface area contributed by atoms with Crippen LogP contribution in [-0.2, 0) is 0 Å². The van der Waals surface area contributed by atoms with Crippen molar-refractivity contribution in [3.05, 3.63) is 47.8 Å². The number of aromatic nitrogens is 1. The number of hydrogen-bond acceptors (Lipinski definition) is 3. The van der Waals surface area contributed by atoms with E-state index in [1.807, 2.05) is 18.5 Å². The van der Waals surface area contributed by atoms with Crippen LogP contribution in [0, 0.1) is 45.8 Å².